The molecular weight excluding hydrogens is 288 g/mol. The SMILES string of the molecule is CCNC(=NCC(c1ccc(OC)cc1)N(C)C)NC(C)(C)C. The summed E-state index contributed by atoms with van der Waals surface area (Å²) >= 11 is 0. The number of methoxy groups -OCH3 is 1. The number of nitrogens with zero attached hydrogens (tertiary/aromatic N) is 2. The second kappa shape index (κ2) is 8.77. The van der Waals surface area contributed by atoms with Gasteiger partial charge in [0.15, 0.2) is 5.96 Å². The number of rotatable bonds is 6. The molecule has 0 amide bonds. The van der Waals surface area contributed by atoms with E-state index < -0.39 is 0 Å². The summed E-state index contributed by atoms with van der Waals surface area (Å²) in [4.78, 5) is 6.95. The average Bonchev–Trinajstić information content (AvgIpc) is 2.46. The van der Waals surface area contributed by atoms with E-state index in [1.807, 2.05) is 12.1 Å². The zero-order valence-electron chi connectivity index (χ0n) is 15.6. The maximum absolute atomic E-state index is 5.23. The predicted molar refractivity (Wildman–Crippen MR) is 98.3 cm³/mol. The van der Waals surface area contributed by atoms with Crippen molar-refractivity contribution in [1.82, 2.24) is 15.5 Å². The largest absolute Gasteiger partial charge is 0.497 e. The van der Waals surface area contributed by atoms with Crippen molar-refractivity contribution < 1.29 is 4.74 Å². The van der Waals surface area contributed by atoms with E-state index in [9.17, 15) is 0 Å². The topological polar surface area (TPSA) is 48.9 Å². The van der Waals surface area contributed by atoms with Gasteiger partial charge in [0.25, 0.3) is 0 Å². The Hall–Kier alpha value is -1.75. The molecule has 0 saturated carbocycles. The number of benzene rings is 1. The van der Waals surface area contributed by atoms with Crippen LogP contribution in [0.5, 0.6) is 5.75 Å². The Balaban J connectivity index is 2.90. The number of ether oxygens (including phenoxy) is 1. The van der Waals surface area contributed by atoms with E-state index in [1.54, 1.807) is 7.11 Å². The standard InChI is InChI=1S/C18H32N4O/c1-8-19-17(21-18(2,3)4)20-13-16(22(5)6)14-9-11-15(23-7)12-10-14/h9-12,16H,8,13H2,1-7H3,(H2,19,20,21). The van der Waals surface area contributed by atoms with Gasteiger partial charge in [-0.15, -0.1) is 0 Å². The van der Waals surface area contributed by atoms with E-state index in [0.29, 0.717) is 6.54 Å². The Morgan fingerprint density at radius 3 is 2.26 bits per heavy atom. The Morgan fingerprint density at radius 2 is 1.83 bits per heavy atom. The van der Waals surface area contributed by atoms with Crippen molar-refractivity contribution in [1.29, 1.82) is 0 Å². The Kier molecular flexibility index (Phi) is 7.36. The number of guanidine groups is 1. The van der Waals surface area contributed by atoms with E-state index >= 15 is 0 Å². The highest BCUT2D eigenvalue weighted by molar-refractivity contribution is 5.80. The van der Waals surface area contributed by atoms with Gasteiger partial charge >= 0.3 is 0 Å². The number of aliphatic imine (C=N–C) groups is 1. The van der Waals surface area contributed by atoms with E-state index in [-0.39, 0.29) is 11.6 Å². The lowest BCUT2D eigenvalue weighted by Gasteiger charge is -2.26. The van der Waals surface area contributed by atoms with Crippen molar-refractivity contribution in [2.45, 2.75) is 39.3 Å². The van der Waals surface area contributed by atoms with Gasteiger partial charge < -0.3 is 20.3 Å². The normalized spacial score (nSPS) is 13.8. The van der Waals surface area contributed by atoms with Crippen LogP contribution in [0.25, 0.3) is 0 Å². The number of likely N-dealkylation sites (N-methyl/N-ethyl adjacent to an activating group) is 1. The van der Waals surface area contributed by atoms with Crippen LogP contribution in [0.3, 0.4) is 0 Å². The molecule has 23 heavy (non-hydrogen) atoms. The molecule has 0 spiro atoms. The van der Waals surface area contributed by atoms with Gasteiger partial charge in [0.1, 0.15) is 5.75 Å². The van der Waals surface area contributed by atoms with Gasteiger partial charge in [-0.2, -0.15) is 0 Å². The second-order valence-electron chi connectivity index (χ2n) is 6.85. The first-order chi connectivity index (χ1) is 10.8. The molecule has 0 aliphatic rings. The Bertz CT molecular complexity index is 489. The monoisotopic (exact) mass is 320 g/mol. The second-order valence-corrected chi connectivity index (χ2v) is 6.85. The smallest absolute Gasteiger partial charge is 0.191 e. The summed E-state index contributed by atoms with van der Waals surface area (Å²) in [5, 5.41) is 6.73. The molecule has 0 radical (unpaired) electrons. The highest BCUT2D eigenvalue weighted by Gasteiger charge is 2.16. The first-order valence-corrected chi connectivity index (χ1v) is 8.13. The molecule has 1 unspecified atom stereocenters. The minimum Gasteiger partial charge on any atom is -0.497 e. The number of nitrogens with one attached hydrogen (secondary N) is 2. The molecular formula is C18H32N4O. The van der Waals surface area contributed by atoms with Crippen LogP contribution in [0.1, 0.15) is 39.3 Å². The highest BCUT2D eigenvalue weighted by atomic mass is 16.5. The Labute approximate surface area is 141 Å². The van der Waals surface area contributed by atoms with Crippen LogP contribution in [-0.2, 0) is 0 Å². The molecule has 0 fully saturated rings. The van der Waals surface area contributed by atoms with Crippen molar-refractivity contribution >= 4 is 5.96 Å². The summed E-state index contributed by atoms with van der Waals surface area (Å²) in [6.07, 6.45) is 0. The maximum atomic E-state index is 5.23. The molecule has 0 aliphatic carbocycles. The lowest BCUT2D eigenvalue weighted by molar-refractivity contribution is 0.305. The summed E-state index contributed by atoms with van der Waals surface area (Å²) < 4.78 is 5.23. The maximum Gasteiger partial charge on any atom is 0.191 e. The zero-order chi connectivity index (χ0) is 17.5. The molecule has 0 heterocycles. The molecule has 0 aliphatic heterocycles. The summed E-state index contributed by atoms with van der Waals surface area (Å²) in [6, 6.07) is 8.41. The average molecular weight is 320 g/mol. The molecule has 1 aromatic carbocycles. The first kappa shape index (κ1) is 19.3. The molecule has 1 atom stereocenters. The molecule has 0 bridgehead atoms. The van der Waals surface area contributed by atoms with E-state index in [1.165, 1.54) is 5.56 Å². The van der Waals surface area contributed by atoms with Gasteiger partial charge in [-0.25, -0.2) is 0 Å². The van der Waals surface area contributed by atoms with E-state index in [2.05, 4.69) is 69.5 Å². The third-order valence-corrected chi connectivity index (χ3v) is 3.38. The number of hydrogen-bond donors (Lipinski definition) is 2. The third-order valence-electron chi connectivity index (χ3n) is 3.38. The van der Waals surface area contributed by atoms with Gasteiger partial charge in [0.05, 0.1) is 19.7 Å². The van der Waals surface area contributed by atoms with Crippen molar-refractivity contribution in [2.75, 3.05) is 34.3 Å². The molecule has 5 heteroatoms. The fourth-order valence-corrected chi connectivity index (χ4v) is 2.23. The van der Waals surface area contributed by atoms with Crippen LogP contribution in [0.15, 0.2) is 29.3 Å². The Morgan fingerprint density at radius 1 is 1.22 bits per heavy atom. The summed E-state index contributed by atoms with van der Waals surface area (Å²) in [5.74, 6) is 1.72. The van der Waals surface area contributed by atoms with Gasteiger partial charge in [0, 0.05) is 12.1 Å². The first-order valence-electron chi connectivity index (χ1n) is 8.13. The van der Waals surface area contributed by atoms with Gasteiger partial charge in [-0.05, 0) is 59.5 Å². The minimum absolute atomic E-state index is 0.0191. The van der Waals surface area contributed by atoms with Crippen LogP contribution in [0.2, 0.25) is 0 Å². The quantitative estimate of drug-likeness (QED) is 0.625. The lowest BCUT2D eigenvalue weighted by atomic mass is 10.1. The van der Waals surface area contributed by atoms with Crippen molar-refractivity contribution in [3.63, 3.8) is 0 Å². The summed E-state index contributed by atoms with van der Waals surface area (Å²) in [5.41, 5.74) is 1.21. The van der Waals surface area contributed by atoms with Crippen LogP contribution >= 0.6 is 0 Å². The van der Waals surface area contributed by atoms with Crippen LogP contribution in [0.4, 0.5) is 0 Å². The van der Waals surface area contributed by atoms with Crippen molar-refractivity contribution in [3.05, 3.63) is 29.8 Å². The lowest BCUT2D eigenvalue weighted by Crippen LogP contribution is -2.47. The van der Waals surface area contributed by atoms with Crippen LogP contribution in [0, 0.1) is 0 Å². The molecule has 0 saturated heterocycles. The highest BCUT2D eigenvalue weighted by Crippen LogP contribution is 2.21. The molecule has 2 N–H and O–H groups in total. The van der Waals surface area contributed by atoms with Crippen molar-refractivity contribution in [3.8, 4) is 5.75 Å². The molecule has 0 aromatic heterocycles. The molecule has 5 nitrogen and oxygen atoms in total. The van der Waals surface area contributed by atoms with Gasteiger partial charge in [-0.1, -0.05) is 12.1 Å². The minimum atomic E-state index is -0.0191. The molecule has 1 aromatic rings. The van der Waals surface area contributed by atoms with Gasteiger partial charge in [-0.3, -0.25) is 4.99 Å². The molecule has 130 valence electrons. The van der Waals surface area contributed by atoms with Crippen LogP contribution in [-0.4, -0.2) is 50.7 Å². The summed E-state index contributed by atoms with van der Waals surface area (Å²) in [7, 11) is 5.84. The predicted octanol–water partition coefficient (Wildman–Crippen LogP) is 2.65. The fourth-order valence-electron chi connectivity index (χ4n) is 2.23. The van der Waals surface area contributed by atoms with Crippen LogP contribution < -0.4 is 15.4 Å². The van der Waals surface area contributed by atoms with Gasteiger partial charge in [0.2, 0.25) is 0 Å². The molecule has 1 rings (SSSR count). The van der Waals surface area contributed by atoms with E-state index in [0.717, 1.165) is 18.3 Å². The third kappa shape index (κ3) is 6.91. The number of hydrogen-bond acceptors (Lipinski definition) is 3. The summed E-state index contributed by atoms with van der Waals surface area (Å²) in [6.45, 7) is 10.0. The zero-order valence-corrected chi connectivity index (χ0v) is 15.6. The van der Waals surface area contributed by atoms with E-state index in [4.69, 9.17) is 9.73 Å². The van der Waals surface area contributed by atoms with Crippen molar-refractivity contribution in [2.24, 2.45) is 4.99 Å². The fraction of sp³-hybridized carbons (Fsp3) is 0.611.